The molecule has 0 bridgehead atoms. The molecule has 1 amide bonds. The van der Waals surface area contributed by atoms with Crippen LogP contribution in [0.1, 0.15) is 44.9 Å². The topological polar surface area (TPSA) is 123 Å². The van der Waals surface area contributed by atoms with E-state index in [1.807, 2.05) is 6.92 Å². The molecule has 9 heteroatoms. The standard InChI is InChI=1S/C16H25N3O6/c1-4-5-6-7-24-16(23)18-13-9(2)8-19(15(22)17-13)14-12(21)11(20)10(3)25-14/h8,10-12,14,20-21H,4-7H2,1-3H3,(H,17,18,22,23)/t10-,11-,12-,14-/m1/s1. The number of amides is 1. The summed E-state index contributed by atoms with van der Waals surface area (Å²) in [6.45, 7) is 5.60. The van der Waals surface area contributed by atoms with Gasteiger partial charge in [-0.3, -0.25) is 9.88 Å². The molecule has 2 rings (SSSR count). The predicted octanol–water partition coefficient (Wildman–Crippen LogP) is 0.930. The Hall–Kier alpha value is -1.97. The van der Waals surface area contributed by atoms with Gasteiger partial charge in [0.15, 0.2) is 6.23 Å². The van der Waals surface area contributed by atoms with E-state index in [1.165, 1.54) is 6.20 Å². The summed E-state index contributed by atoms with van der Waals surface area (Å²) >= 11 is 0. The number of ether oxygens (including phenoxy) is 2. The molecule has 1 saturated heterocycles. The minimum Gasteiger partial charge on any atom is -0.449 e. The quantitative estimate of drug-likeness (QED) is 0.649. The number of rotatable bonds is 6. The third kappa shape index (κ3) is 4.56. The molecular formula is C16H25N3O6. The number of anilines is 1. The van der Waals surface area contributed by atoms with Crippen molar-refractivity contribution in [2.75, 3.05) is 11.9 Å². The molecule has 1 aliphatic heterocycles. The van der Waals surface area contributed by atoms with Crippen LogP contribution in [0.15, 0.2) is 11.0 Å². The van der Waals surface area contributed by atoms with E-state index in [4.69, 9.17) is 9.47 Å². The van der Waals surface area contributed by atoms with Gasteiger partial charge in [0, 0.05) is 11.8 Å². The highest BCUT2D eigenvalue weighted by Crippen LogP contribution is 2.28. The number of aliphatic hydroxyl groups excluding tert-OH is 2. The highest BCUT2D eigenvalue weighted by atomic mass is 16.6. The first kappa shape index (κ1) is 19.4. The Labute approximate surface area is 145 Å². The maximum absolute atomic E-state index is 12.2. The van der Waals surface area contributed by atoms with Gasteiger partial charge < -0.3 is 19.7 Å². The predicted molar refractivity (Wildman–Crippen MR) is 89.3 cm³/mol. The van der Waals surface area contributed by atoms with Crippen LogP contribution in [0, 0.1) is 6.92 Å². The van der Waals surface area contributed by atoms with E-state index in [0.717, 1.165) is 23.8 Å². The molecule has 1 aromatic heterocycles. The Balaban J connectivity index is 2.07. The molecule has 0 aliphatic carbocycles. The molecule has 9 nitrogen and oxygen atoms in total. The van der Waals surface area contributed by atoms with Crippen molar-refractivity contribution in [1.29, 1.82) is 0 Å². The lowest BCUT2D eigenvalue weighted by Gasteiger charge is -2.18. The van der Waals surface area contributed by atoms with E-state index in [9.17, 15) is 19.8 Å². The van der Waals surface area contributed by atoms with Crippen LogP contribution in [-0.2, 0) is 9.47 Å². The number of hydrogen-bond acceptors (Lipinski definition) is 7. The van der Waals surface area contributed by atoms with Gasteiger partial charge in [-0.2, -0.15) is 4.98 Å². The molecule has 1 aliphatic rings. The van der Waals surface area contributed by atoms with Crippen LogP contribution < -0.4 is 11.0 Å². The number of carbonyl (C=O) groups is 1. The zero-order chi connectivity index (χ0) is 18.6. The molecule has 3 N–H and O–H groups in total. The van der Waals surface area contributed by atoms with Gasteiger partial charge in [0.05, 0.1) is 12.7 Å². The first-order valence-electron chi connectivity index (χ1n) is 8.40. The number of nitrogens with one attached hydrogen (secondary N) is 1. The highest BCUT2D eigenvalue weighted by molar-refractivity contribution is 5.84. The molecule has 140 valence electrons. The monoisotopic (exact) mass is 355 g/mol. The lowest BCUT2D eigenvalue weighted by atomic mass is 10.1. The van der Waals surface area contributed by atoms with Crippen molar-refractivity contribution < 1.29 is 24.5 Å². The van der Waals surface area contributed by atoms with Gasteiger partial charge in [-0.1, -0.05) is 19.8 Å². The van der Waals surface area contributed by atoms with Crippen LogP contribution >= 0.6 is 0 Å². The summed E-state index contributed by atoms with van der Waals surface area (Å²) in [6.07, 6.45) is -0.465. The van der Waals surface area contributed by atoms with Gasteiger partial charge in [-0.05, 0) is 20.3 Å². The van der Waals surface area contributed by atoms with Crippen molar-refractivity contribution in [3.05, 3.63) is 22.2 Å². The van der Waals surface area contributed by atoms with Crippen molar-refractivity contribution in [3.8, 4) is 0 Å². The maximum atomic E-state index is 12.2. The van der Waals surface area contributed by atoms with E-state index < -0.39 is 36.3 Å². The molecule has 25 heavy (non-hydrogen) atoms. The lowest BCUT2D eigenvalue weighted by molar-refractivity contribution is -0.0350. The molecule has 1 aromatic rings. The Kier molecular flexibility index (Phi) is 6.51. The van der Waals surface area contributed by atoms with Crippen LogP contribution in [0.2, 0.25) is 0 Å². The third-order valence-corrected chi connectivity index (χ3v) is 4.09. The first-order valence-corrected chi connectivity index (χ1v) is 8.40. The number of aliphatic hydroxyl groups is 2. The van der Waals surface area contributed by atoms with Crippen molar-refractivity contribution in [2.45, 2.75) is 64.6 Å². The summed E-state index contributed by atoms with van der Waals surface area (Å²) in [6, 6.07) is 0. The van der Waals surface area contributed by atoms with Gasteiger partial charge in [-0.25, -0.2) is 9.59 Å². The summed E-state index contributed by atoms with van der Waals surface area (Å²) in [4.78, 5) is 27.8. The third-order valence-electron chi connectivity index (χ3n) is 4.09. The number of aromatic nitrogens is 2. The number of unbranched alkanes of at least 4 members (excludes halogenated alkanes) is 2. The zero-order valence-corrected chi connectivity index (χ0v) is 14.6. The SMILES string of the molecule is CCCCCOC(=O)Nc1nc(=O)n([C@@H]2O[C@H](C)[C@@H](O)[C@H]2O)cc1C. The molecule has 0 aromatic carbocycles. The van der Waals surface area contributed by atoms with E-state index in [1.54, 1.807) is 13.8 Å². The average Bonchev–Trinajstić information content (AvgIpc) is 2.82. The zero-order valence-electron chi connectivity index (χ0n) is 14.6. The summed E-state index contributed by atoms with van der Waals surface area (Å²) in [5, 5.41) is 22.2. The second-order valence-corrected chi connectivity index (χ2v) is 6.14. The largest absolute Gasteiger partial charge is 0.449 e. The van der Waals surface area contributed by atoms with Crippen molar-refractivity contribution in [1.82, 2.24) is 9.55 Å². The Morgan fingerprint density at radius 1 is 1.40 bits per heavy atom. The number of aryl methyl sites for hydroxylation is 1. The van der Waals surface area contributed by atoms with Crippen LogP contribution in [0.4, 0.5) is 10.6 Å². The van der Waals surface area contributed by atoms with Gasteiger partial charge >= 0.3 is 11.8 Å². The summed E-state index contributed by atoms with van der Waals surface area (Å²) in [7, 11) is 0. The van der Waals surface area contributed by atoms with Gasteiger partial charge in [0.2, 0.25) is 0 Å². The Morgan fingerprint density at radius 2 is 2.12 bits per heavy atom. The van der Waals surface area contributed by atoms with E-state index >= 15 is 0 Å². The minimum absolute atomic E-state index is 0.0859. The van der Waals surface area contributed by atoms with E-state index in [2.05, 4.69) is 10.3 Å². The second kappa shape index (κ2) is 8.41. The normalized spacial score (nSPS) is 25.8. The summed E-state index contributed by atoms with van der Waals surface area (Å²) in [5.74, 6) is 0.0859. The Morgan fingerprint density at radius 3 is 2.72 bits per heavy atom. The number of carbonyl (C=O) groups excluding carboxylic acids is 1. The molecular weight excluding hydrogens is 330 g/mol. The van der Waals surface area contributed by atoms with Crippen LogP contribution in [0.25, 0.3) is 0 Å². The second-order valence-electron chi connectivity index (χ2n) is 6.14. The highest BCUT2D eigenvalue weighted by Gasteiger charge is 2.41. The van der Waals surface area contributed by atoms with Gasteiger partial charge in [0.1, 0.15) is 18.0 Å². The van der Waals surface area contributed by atoms with Gasteiger partial charge in [-0.15, -0.1) is 0 Å². The maximum Gasteiger partial charge on any atom is 0.412 e. The van der Waals surface area contributed by atoms with E-state index in [0.29, 0.717) is 12.2 Å². The fourth-order valence-corrected chi connectivity index (χ4v) is 2.58. The Bertz CT molecular complexity index is 662. The fourth-order valence-electron chi connectivity index (χ4n) is 2.58. The number of nitrogens with zero attached hydrogens (tertiary/aromatic N) is 2. The van der Waals surface area contributed by atoms with Gasteiger partial charge in [0.25, 0.3) is 0 Å². The van der Waals surface area contributed by atoms with Crippen molar-refractivity contribution in [3.63, 3.8) is 0 Å². The first-order chi connectivity index (χ1) is 11.8. The fraction of sp³-hybridized carbons (Fsp3) is 0.688. The summed E-state index contributed by atoms with van der Waals surface area (Å²) < 4.78 is 11.5. The molecule has 2 heterocycles. The summed E-state index contributed by atoms with van der Waals surface area (Å²) in [5.41, 5.74) is -0.216. The number of hydrogen-bond donors (Lipinski definition) is 3. The smallest absolute Gasteiger partial charge is 0.412 e. The molecule has 0 saturated carbocycles. The molecule has 0 radical (unpaired) electrons. The molecule has 0 unspecified atom stereocenters. The molecule has 1 fully saturated rings. The van der Waals surface area contributed by atoms with Crippen molar-refractivity contribution in [2.24, 2.45) is 0 Å². The molecule has 0 spiro atoms. The lowest BCUT2D eigenvalue weighted by Crippen LogP contribution is -2.36. The van der Waals surface area contributed by atoms with Crippen LogP contribution in [0.5, 0.6) is 0 Å². The average molecular weight is 355 g/mol. The minimum atomic E-state index is -1.24. The molecule has 4 atom stereocenters. The van der Waals surface area contributed by atoms with Crippen LogP contribution in [-0.4, -0.2) is 50.8 Å². The van der Waals surface area contributed by atoms with Crippen molar-refractivity contribution >= 4 is 11.9 Å². The van der Waals surface area contributed by atoms with E-state index in [-0.39, 0.29) is 5.82 Å². The van der Waals surface area contributed by atoms with Crippen LogP contribution in [0.3, 0.4) is 0 Å².